The lowest BCUT2D eigenvalue weighted by atomic mass is 10.1. The van der Waals surface area contributed by atoms with Crippen molar-refractivity contribution >= 4 is 17.5 Å². The van der Waals surface area contributed by atoms with E-state index in [0.29, 0.717) is 5.75 Å². The molecule has 0 saturated heterocycles. The highest BCUT2D eigenvalue weighted by molar-refractivity contribution is 6.33. The summed E-state index contributed by atoms with van der Waals surface area (Å²) < 4.78 is 18.6. The molecule has 0 aliphatic heterocycles. The zero-order valence-electron chi connectivity index (χ0n) is 11.0. The van der Waals surface area contributed by atoms with Crippen LogP contribution in [0.2, 0.25) is 5.02 Å². The van der Waals surface area contributed by atoms with Gasteiger partial charge in [-0.1, -0.05) is 11.6 Å². The summed E-state index contributed by atoms with van der Waals surface area (Å²) in [5, 5.41) is 2.56. The maximum atomic E-state index is 13.7. The monoisotopic (exact) mass is 286 g/mol. The van der Waals surface area contributed by atoms with E-state index in [1.807, 2.05) is 0 Å². The second-order valence-corrected chi connectivity index (χ2v) is 4.56. The second kappa shape index (κ2) is 6.43. The molecule has 1 aromatic rings. The Bertz CT molecular complexity index is 526. The number of hydrogen-bond acceptors (Lipinski definition) is 3. The molecule has 6 heteroatoms. The number of rotatable bonds is 4. The number of nitrogens with two attached hydrogens (primary N) is 1. The van der Waals surface area contributed by atoms with E-state index in [1.54, 1.807) is 13.8 Å². The molecule has 0 unspecified atom stereocenters. The van der Waals surface area contributed by atoms with Crippen LogP contribution in [0, 0.1) is 5.82 Å². The van der Waals surface area contributed by atoms with Crippen LogP contribution in [0.15, 0.2) is 23.5 Å². The van der Waals surface area contributed by atoms with Gasteiger partial charge in [-0.05, 0) is 31.6 Å². The van der Waals surface area contributed by atoms with Crippen molar-refractivity contribution in [1.29, 1.82) is 0 Å². The van der Waals surface area contributed by atoms with Gasteiger partial charge in [0.15, 0.2) is 0 Å². The van der Waals surface area contributed by atoms with Gasteiger partial charge in [0.1, 0.15) is 17.4 Å². The van der Waals surface area contributed by atoms with E-state index in [-0.39, 0.29) is 22.8 Å². The molecular weight excluding hydrogens is 271 g/mol. The van der Waals surface area contributed by atoms with Crippen LogP contribution in [0.1, 0.15) is 19.4 Å². The number of carbonyl (C=O) groups is 1. The minimum atomic E-state index is -0.559. The highest BCUT2D eigenvalue weighted by Gasteiger charge is 2.16. The number of nitrogens with one attached hydrogen (secondary N) is 1. The Kier molecular flexibility index (Phi) is 5.18. The number of halogens is 2. The molecule has 1 amide bonds. The predicted octanol–water partition coefficient (Wildman–Crippen LogP) is 2.36. The summed E-state index contributed by atoms with van der Waals surface area (Å²) in [4.78, 5) is 11.7. The molecule has 0 atom stereocenters. The molecule has 0 heterocycles. The Morgan fingerprint density at radius 1 is 1.47 bits per heavy atom. The Morgan fingerprint density at radius 3 is 2.63 bits per heavy atom. The van der Waals surface area contributed by atoms with Crippen LogP contribution >= 0.6 is 11.6 Å². The molecule has 4 nitrogen and oxygen atoms in total. The Labute approximate surface area is 116 Å². The van der Waals surface area contributed by atoms with Crippen LogP contribution < -0.4 is 15.8 Å². The van der Waals surface area contributed by atoms with E-state index >= 15 is 0 Å². The van der Waals surface area contributed by atoms with Gasteiger partial charge in [0.25, 0.3) is 0 Å². The fraction of sp³-hybridized carbons (Fsp3) is 0.308. The van der Waals surface area contributed by atoms with Gasteiger partial charge in [0, 0.05) is 5.56 Å². The lowest BCUT2D eigenvalue weighted by Gasteiger charge is -2.11. The van der Waals surface area contributed by atoms with E-state index < -0.39 is 11.7 Å². The van der Waals surface area contributed by atoms with Crippen LogP contribution in [0.3, 0.4) is 0 Å². The summed E-state index contributed by atoms with van der Waals surface area (Å²) in [6.45, 7) is 3.52. The van der Waals surface area contributed by atoms with Gasteiger partial charge in [-0.15, -0.1) is 0 Å². The van der Waals surface area contributed by atoms with Crippen LogP contribution in [0.5, 0.6) is 5.75 Å². The summed E-state index contributed by atoms with van der Waals surface area (Å²) in [5.41, 5.74) is 6.45. The summed E-state index contributed by atoms with van der Waals surface area (Å²) in [5.74, 6) is -0.421. The lowest BCUT2D eigenvalue weighted by molar-refractivity contribution is -0.119. The first-order valence-corrected chi connectivity index (χ1v) is 5.98. The third-order valence-corrected chi connectivity index (χ3v) is 2.93. The standard InChI is InChI=1S/C13H16ClFN2O2/c1-7(2)13(16)17-11(18)6-8-9(15)4-5-10(19-3)12(8)14/h4-5H,6,16H2,1-3H3,(H,17,18). The third-order valence-electron chi connectivity index (χ3n) is 2.52. The van der Waals surface area contributed by atoms with Gasteiger partial charge in [-0.3, -0.25) is 4.79 Å². The number of carbonyl (C=O) groups excluding carboxylic acids is 1. The van der Waals surface area contributed by atoms with Crippen LogP contribution in [0.25, 0.3) is 0 Å². The third kappa shape index (κ3) is 3.86. The van der Waals surface area contributed by atoms with Crippen molar-refractivity contribution in [3.63, 3.8) is 0 Å². The normalized spacial score (nSPS) is 9.95. The van der Waals surface area contributed by atoms with Gasteiger partial charge >= 0.3 is 0 Å². The molecule has 3 N–H and O–H groups in total. The maximum Gasteiger partial charge on any atom is 0.230 e. The second-order valence-electron chi connectivity index (χ2n) is 4.18. The van der Waals surface area contributed by atoms with Gasteiger partial charge in [0.05, 0.1) is 18.6 Å². The number of benzene rings is 1. The predicted molar refractivity (Wildman–Crippen MR) is 72.4 cm³/mol. The molecule has 19 heavy (non-hydrogen) atoms. The van der Waals surface area contributed by atoms with Crippen molar-refractivity contribution in [2.75, 3.05) is 7.11 Å². The van der Waals surface area contributed by atoms with Crippen molar-refractivity contribution in [1.82, 2.24) is 5.32 Å². The largest absolute Gasteiger partial charge is 0.495 e. The first-order chi connectivity index (χ1) is 8.86. The summed E-state index contributed by atoms with van der Waals surface area (Å²) >= 11 is 5.97. The van der Waals surface area contributed by atoms with Gasteiger partial charge in [-0.25, -0.2) is 4.39 Å². The SMILES string of the molecule is COc1ccc(F)c(CC(=O)NC(N)=C(C)C)c1Cl. The van der Waals surface area contributed by atoms with Crippen molar-refractivity contribution in [3.8, 4) is 5.75 Å². The number of ether oxygens (including phenoxy) is 1. The molecule has 0 fully saturated rings. The van der Waals surface area contributed by atoms with Gasteiger partial charge < -0.3 is 15.8 Å². The fourth-order valence-electron chi connectivity index (χ4n) is 1.38. The van der Waals surface area contributed by atoms with E-state index in [2.05, 4.69) is 5.32 Å². The summed E-state index contributed by atoms with van der Waals surface area (Å²) in [6.07, 6.45) is -0.212. The molecular formula is C13H16ClFN2O2. The Hall–Kier alpha value is -1.75. The number of amides is 1. The molecule has 0 spiro atoms. The maximum absolute atomic E-state index is 13.7. The molecule has 1 aromatic carbocycles. The highest BCUT2D eigenvalue weighted by atomic mass is 35.5. The molecule has 0 aliphatic carbocycles. The first kappa shape index (κ1) is 15.3. The first-order valence-electron chi connectivity index (χ1n) is 5.60. The Balaban J connectivity index is 2.94. The van der Waals surface area contributed by atoms with Crippen molar-refractivity contribution < 1.29 is 13.9 Å². The van der Waals surface area contributed by atoms with Gasteiger partial charge in [0.2, 0.25) is 5.91 Å². The smallest absolute Gasteiger partial charge is 0.230 e. The minimum Gasteiger partial charge on any atom is -0.495 e. The molecule has 104 valence electrons. The highest BCUT2D eigenvalue weighted by Crippen LogP contribution is 2.30. The van der Waals surface area contributed by atoms with Crippen LogP contribution in [-0.2, 0) is 11.2 Å². The van der Waals surface area contributed by atoms with Crippen molar-refractivity contribution in [2.24, 2.45) is 5.73 Å². The van der Waals surface area contributed by atoms with Crippen molar-refractivity contribution in [3.05, 3.63) is 39.9 Å². The quantitative estimate of drug-likeness (QED) is 0.893. The fourth-order valence-corrected chi connectivity index (χ4v) is 1.67. The topological polar surface area (TPSA) is 64.3 Å². The van der Waals surface area contributed by atoms with Gasteiger partial charge in [-0.2, -0.15) is 0 Å². The van der Waals surface area contributed by atoms with Crippen LogP contribution in [-0.4, -0.2) is 13.0 Å². The molecule has 0 radical (unpaired) electrons. The van der Waals surface area contributed by atoms with E-state index in [9.17, 15) is 9.18 Å². The molecule has 0 aromatic heterocycles. The zero-order valence-corrected chi connectivity index (χ0v) is 11.8. The van der Waals surface area contributed by atoms with Crippen molar-refractivity contribution in [2.45, 2.75) is 20.3 Å². The van der Waals surface area contributed by atoms with E-state index in [0.717, 1.165) is 5.57 Å². The lowest BCUT2D eigenvalue weighted by Crippen LogP contribution is -2.30. The number of methoxy groups -OCH3 is 1. The molecule has 0 aliphatic rings. The molecule has 0 saturated carbocycles. The zero-order chi connectivity index (χ0) is 14.6. The Morgan fingerprint density at radius 2 is 2.11 bits per heavy atom. The average Bonchev–Trinajstić information content (AvgIpc) is 2.34. The molecule has 0 bridgehead atoms. The summed E-state index contributed by atoms with van der Waals surface area (Å²) in [6, 6.07) is 2.61. The van der Waals surface area contributed by atoms with E-state index in [1.165, 1.54) is 19.2 Å². The van der Waals surface area contributed by atoms with Crippen LogP contribution in [0.4, 0.5) is 4.39 Å². The summed E-state index contributed by atoms with van der Waals surface area (Å²) in [7, 11) is 1.42. The number of allylic oxidation sites excluding steroid dienone is 1. The number of hydrogen-bond donors (Lipinski definition) is 2. The average molecular weight is 287 g/mol. The molecule has 1 rings (SSSR count). The van der Waals surface area contributed by atoms with E-state index in [4.69, 9.17) is 22.1 Å². The minimum absolute atomic E-state index is 0.0834.